The number of ether oxygens (including phenoxy) is 1. The molecule has 28 heavy (non-hydrogen) atoms. The van der Waals surface area contributed by atoms with E-state index in [0.29, 0.717) is 29.8 Å². The molecule has 5 bridgehead atoms. The minimum Gasteiger partial charge on any atom is -0.461 e. The van der Waals surface area contributed by atoms with E-state index in [0.717, 1.165) is 23.7 Å². The quantitative estimate of drug-likeness (QED) is 0.629. The summed E-state index contributed by atoms with van der Waals surface area (Å²) < 4.78 is 6.99. The molecule has 5 nitrogen and oxygen atoms in total. The normalized spacial score (nSPS) is 52.0. The van der Waals surface area contributed by atoms with Gasteiger partial charge in [-0.1, -0.05) is 25.1 Å². The number of likely N-dealkylation sites (N-methyl/N-ethyl adjacent to an activating group) is 2. The number of hydrogen-bond donors (Lipinski definition) is 1. The fourth-order valence-corrected chi connectivity index (χ4v) is 8.91. The van der Waals surface area contributed by atoms with E-state index in [-0.39, 0.29) is 29.8 Å². The second-order valence-electron chi connectivity index (χ2n) is 10.2. The van der Waals surface area contributed by atoms with Gasteiger partial charge in [-0.25, -0.2) is 0 Å². The smallest absolute Gasteiger partial charge is 0.302 e. The van der Waals surface area contributed by atoms with Crippen molar-refractivity contribution in [1.29, 1.82) is 0 Å². The largest absolute Gasteiger partial charge is 0.461 e. The molecule has 6 aliphatic rings. The maximum Gasteiger partial charge on any atom is 0.302 e. The van der Waals surface area contributed by atoms with Gasteiger partial charge in [0, 0.05) is 38.4 Å². The third-order valence-corrected chi connectivity index (χ3v) is 9.65. The molecule has 1 N–H and O–H groups in total. The summed E-state index contributed by atoms with van der Waals surface area (Å²) in [7, 11) is 4.50. The average molecular weight is 384 g/mol. The van der Waals surface area contributed by atoms with Crippen LogP contribution in [0.1, 0.15) is 38.7 Å². The molecule has 0 radical (unpaired) electrons. The molecule has 5 heteroatoms. The highest BCUT2D eigenvalue weighted by molar-refractivity contribution is 5.70. The summed E-state index contributed by atoms with van der Waals surface area (Å²) in [6.45, 7) is 3.77. The predicted octanol–water partition coefficient (Wildman–Crippen LogP) is 2.27. The SMILES string of the molecule is CC[C@H]1[C@@H]2C[C@H]3[C@@H]4N(C)c5ccccc5[C@]45C[C@@H](C2C5OC(C)=O)[N+]3(C)[C@@H]1O. The summed E-state index contributed by atoms with van der Waals surface area (Å²) in [5, 5.41) is 11.5. The monoisotopic (exact) mass is 383 g/mol. The second kappa shape index (κ2) is 5.11. The molecule has 1 aromatic carbocycles. The number of benzene rings is 1. The standard InChI is InChI=1S/C23H31N2O3/c1-5-13-14-10-17-20-23(15-8-6-7-9-16(15)24(20)3)11-18(25(17,4)22(13)27)19(14)21(23)28-12(2)26/h6-9,13-14,17-22,27H,5,10-11H2,1-4H3/q+1/t13-,14-,17-,18-,19?,20-,21?,22+,23+,25?/m0/s1. The Labute approximate surface area is 166 Å². The van der Waals surface area contributed by atoms with Gasteiger partial charge in [0.1, 0.15) is 12.1 Å². The van der Waals surface area contributed by atoms with E-state index in [1.165, 1.54) is 11.3 Å². The van der Waals surface area contributed by atoms with Gasteiger partial charge in [-0.2, -0.15) is 0 Å². The lowest BCUT2D eigenvalue weighted by Crippen LogP contribution is -2.81. The Morgan fingerprint density at radius 3 is 2.82 bits per heavy atom. The molecular weight excluding hydrogens is 352 g/mol. The molecule has 4 saturated heterocycles. The summed E-state index contributed by atoms with van der Waals surface area (Å²) in [5.74, 6) is 0.936. The van der Waals surface area contributed by atoms with Gasteiger partial charge in [0.2, 0.25) is 0 Å². The van der Waals surface area contributed by atoms with Crippen molar-refractivity contribution in [3.05, 3.63) is 29.8 Å². The zero-order chi connectivity index (χ0) is 19.6. The van der Waals surface area contributed by atoms with E-state index in [2.05, 4.69) is 50.2 Å². The number of quaternary nitrogens is 1. The third-order valence-electron chi connectivity index (χ3n) is 9.65. The minimum atomic E-state index is -0.304. The van der Waals surface area contributed by atoms with Gasteiger partial charge in [-0.05, 0) is 24.0 Å². The highest BCUT2D eigenvalue weighted by Crippen LogP contribution is 2.71. The van der Waals surface area contributed by atoms with Crippen LogP contribution in [-0.2, 0) is 14.9 Å². The molecule has 1 saturated carbocycles. The zero-order valence-electron chi connectivity index (χ0n) is 17.2. The van der Waals surface area contributed by atoms with Crippen LogP contribution in [0.15, 0.2) is 24.3 Å². The lowest BCUT2D eigenvalue weighted by atomic mass is 9.61. The molecule has 0 amide bonds. The topological polar surface area (TPSA) is 49.8 Å². The predicted molar refractivity (Wildman–Crippen MR) is 106 cm³/mol. The Kier molecular flexibility index (Phi) is 3.16. The summed E-state index contributed by atoms with van der Waals surface area (Å²) >= 11 is 0. The molecule has 150 valence electrons. The van der Waals surface area contributed by atoms with Crippen LogP contribution in [0.4, 0.5) is 5.69 Å². The maximum atomic E-state index is 12.3. The summed E-state index contributed by atoms with van der Waals surface area (Å²) in [6, 6.07) is 9.76. The first kappa shape index (κ1) is 17.3. The van der Waals surface area contributed by atoms with Crippen molar-refractivity contribution in [1.82, 2.24) is 0 Å². The van der Waals surface area contributed by atoms with Gasteiger partial charge in [0.25, 0.3) is 0 Å². The third kappa shape index (κ3) is 1.57. The highest BCUT2D eigenvalue weighted by atomic mass is 16.5. The zero-order valence-corrected chi connectivity index (χ0v) is 17.2. The first-order valence-corrected chi connectivity index (χ1v) is 10.9. The van der Waals surface area contributed by atoms with E-state index in [9.17, 15) is 9.90 Å². The van der Waals surface area contributed by atoms with Crippen LogP contribution >= 0.6 is 0 Å². The number of nitrogens with zero attached hydrogens (tertiary/aromatic N) is 2. The van der Waals surface area contributed by atoms with E-state index in [1.54, 1.807) is 6.92 Å². The number of carbonyl (C=O) groups is 1. The van der Waals surface area contributed by atoms with E-state index >= 15 is 0 Å². The number of anilines is 1. The fourth-order valence-electron chi connectivity index (χ4n) is 8.91. The van der Waals surface area contributed by atoms with Crippen molar-refractivity contribution in [2.45, 2.75) is 69.0 Å². The first-order valence-electron chi connectivity index (χ1n) is 10.9. The average Bonchev–Trinajstić information content (AvgIpc) is 3.06. The number of fused-ring (bicyclic) bond motifs is 2. The number of hydrogen-bond acceptors (Lipinski definition) is 4. The molecule has 1 spiro atoms. The molecular formula is C23H31N2O3+. The molecule has 3 unspecified atom stereocenters. The number of aliphatic hydroxyl groups is 1. The number of carbonyl (C=O) groups excluding carboxylic acids is 1. The van der Waals surface area contributed by atoms with Crippen LogP contribution in [0.25, 0.3) is 0 Å². The number of para-hydroxylation sites is 1. The van der Waals surface area contributed by atoms with Gasteiger partial charge in [0.05, 0.1) is 30.5 Å². The Morgan fingerprint density at radius 1 is 1.36 bits per heavy atom. The number of rotatable bonds is 2. The molecule has 5 heterocycles. The van der Waals surface area contributed by atoms with Crippen LogP contribution in [0.5, 0.6) is 0 Å². The molecule has 5 aliphatic heterocycles. The van der Waals surface area contributed by atoms with E-state index in [1.807, 2.05) is 0 Å². The molecule has 5 fully saturated rings. The van der Waals surface area contributed by atoms with Crippen LogP contribution in [-0.4, -0.2) is 60.1 Å². The Bertz CT molecular complexity index is 873. The van der Waals surface area contributed by atoms with E-state index < -0.39 is 0 Å². The van der Waals surface area contributed by atoms with E-state index in [4.69, 9.17) is 4.74 Å². The molecule has 1 aliphatic carbocycles. The van der Waals surface area contributed by atoms with Crippen LogP contribution in [0.2, 0.25) is 0 Å². The summed E-state index contributed by atoms with van der Waals surface area (Å²) in [5.41, 5.74) is 2.51. The minimum absolute atomic E-state index is 0.0809. The van der Waals surface area contributed by atoms with Crippen LogP contribution in [0, 0.1) is 17.8 Å². The molecule has 7 rings (SSSR count). The van der Waals surface area contributed by atoms with Gasteiger partial charge in [-0.3, -0.25) is 9.28 Å². The molecule has 10 atom stereocenters. The molecule has 1 aromatic rings. The Balaban J connectivity index is 1.63. The van der Waals surface area contributed by atoms with Crippen molar-refractivity contribution in [3.63, 3.8) is 0 Å². The van der Waals surface area contributed by atoms with Crippen molar-refractivity contribution in [2.75, 3.05) is 19.0 Å². The number of aliphatic hydroxyl groups excluding tert-OH is 1. The second-order valence-corrected chi connectivity index (χ2v) is 10.2. The van der Waals surface area contributed by atoms with Gasteiger partial charge < -0.3 is 14.7 Å². The number of piperidine rings is 4. The summed E-state index contributed by atoms with van der Waals surface area (Å²) in [6.07, 6.45) is 2.75. The van der Waals surface area contributed by atoms with Gasteiger partial charge in [0.15, 0.2) is 6.23 Å². The number of esters is 1. The van der Waals surface area contributed by atoms with Crippen molar-refractivity contribution in [2.24, 2.45) is 17.8 Å². The van der Waals surface area contributed by atoms with Crippen molar-refractivity contribution >= 4 is 11.7 Å². The Hall–Kier alpha value is -1.59. The highest BCUT2D eigenvalue weighted by Gasteiger charge is 2.83. The Morgan fingerprint density at radius 2 is 2.11 bits per heavy atom. The summed E-state index contributed by atoms with van der Waals surface area (Å²) in [4.78, 5) is 14.7. The van der Waals surface area contributed by atoms with Gasteiger partial charge >= 0.3 is 5.97 Å². The lowest BCUT2D eigenvalue weighted by molar-refractivity contribution is -1.02. The van der Waals surface area contributed by atoms with Gasteiger partial charge in [-0.15, -0.1) is 0 Å². The van der Waals surface area contributed by atoms with Crippen LogP contribution < -0.4 is 4.90 Å². The van der Waals surface area contributed by atoms with Crippen molar-refractivity contribution < 1.29 is 19.1 Å². The van der Waals surface area contributed by atoms with Crippen molar-refractivity contribution in [3.8, 4) is 0 Å². The molecule has 0 aromatic heterocycles. The first-order chi connectivity index (χ1) is 13.4. The maximum absolute atomic E-state index is 12.3. The van der Waals surface area contributed by atoms with Crippen LogP contribution in [0.3, 0.4) is 0 Å². The lowest BCUT2D eigenvalue weighted by Gasteiger charge is -2.66. The fraction of sp³-hybridized carbons (Fsp3) is 0.696.